The SMILES string of the molecule is CC(=O)O[C@H]1[C@H](OCCc2cccc(O)c2O)O[C@H](CO)[C@@H](OC(=O)C=Cc2ccc(O)c(O)c2)[C@@H]1O[C@@H]1O[C@@H](C)[C@H](O)[C@@H](O)[C@H]1O. The molecule has 0 aromatic heterocycles. The van der Waals surface area contributed by atoms with E-state index in [4.69, 9.17) is 28.4 Å². The minimum atomic E-state index is -1.82. The van der Waals surface area contributed by atoms with E-state index in [2.05, 4.69) is 0 Å². The summed E-state index contributed by atoms with van der Waals surface area (Å²) in [6, 6.07) is 8.13. The molecule has 2 aliphatic rings. The normalized spacial score (nSPS) is 31.0. The zero-order valence-corrected chi connectivity index (χ0v) is 25.4. The van der Waals surface area contributed by atoms with E-state index in [-0.39, 0.29) is 30.3 Å². The summed E-state index contributed by atoms with van der Waals surface area (Å²) in [5.41, 5.74) is 0.630. The maximum absolute atomic E-state index is 13.0. The van der Waals surface area contributed by atoms with Gasteiger partial charge < -0.3 is 69.3 Å². The van der Waals surface area contributed by atoms with Gasteiger partial charge in [0.1, 0.15) is 30.5 Å². The van der Waals surface area contributed by atoms with Crippen LogP contribution in [0.3, 0.4) is 0 Å². The summed E-state index contributed by atoms with van der Waals surface area (Å²) in [7, 11) is 0. The first-order valence-electron chi connectivity index (χ1n) is 14.6. The molecule has 0 unspecified atom stereocenters. The molecule has 0 bridgehead atoms. The summed E-state index contributed by atoms with van der Waals surface area (Å²) in [6.45, 7) is 1.52. The molecule has 2 fully saturated rings. The Morgan fingerprint density at radius 3 is 2.28 bits per heavy atom. The Bertz CT molecular complexity index is 1410. The van der Waals surface area contributed by atoms with Gasteiger partial charge in [-0.3, -0.25) is 4.79 Å². The molecule has 258 valence electrons. The first-order chi connectivity index (χ1) is 22.3. The first kappa shape index (κ1) is 35.8. The molecule has 10 atom stereocenters. The van der Waals surface area contributed by atoms with E-state index >= 15 is 0 Å². The Kier molecular flexibility index (Phi) is 12.0. The number of phenols is 4. The molecule has 16 heteroatoms. The molecule has 0 amide bonds. The lowest BCUT2D eigenvalue weighted by Gasteiger charge is -2.47. The maximum Gasteiger partial charge on any atom is 0.331 e. The third-order valence-electron chi connectivity index (χ3n) is 7.59. The van der Waals surface area contributed by atoms with Crippen molar-refractivity contribution in [2.75, 3.05) is 13.2 Å². The van der Waals surface area contributed by atoms with E-state index in [0.717, 1.165) is 13.0 Å². The van der Waals surface area contributed by atoms with E-state index in [0.29, 0.717) is 11.1 Å². The van der Waals surface area contributed by atoms with Crippen LogP contribution >= 0.6 is 0 Å². The topological polar surface area (TPSA) is 251 Å². The number of rotatable bonds is 11. The van der Waals surface area contributed by atoms with Gasteiger partial charge in [-0.15, -0.1) is 0 Å². The summed E-state index contributed by atoms with van der Waals surface area (Å²) in [5.74, 6) is -3.38. The van der Waals surface area contributed by atoms with Crippen molar-refractivity contribution in [3.8, 4) is 23.0 Å². The smallest absolute Gasteiger partial charge is 0.331 e. The highest BCUT2D eigenvalue weighted by atomic mass is 16.8. The van der Waals surface area contributed by atoms with Crippen LogP contribution < -0.4 is 0 Å². The number of aliphatic hydroxyl groups is 4. The van der Waals surface area contributed by atoms with Crippen LogP contribution in [0.4, 0.5) is 0 Å². The number of phenolic OH excluding ortho intramolecular Hbond substituents is 4. The van der Waals surface area contributed by atoms with Gasteiger partial charge in [-0.1, -0.05) is 18.2 Å². The third-order valence-corrected chi connectivity index (χ3v) is 7.59. The number of esters is 2. The lowest BCUT2D eigenvalue weighted by atomic mass is 9.96. The number of aromatic hydroxyl groups is 4. The van der Waals surface area contributed by atoms with Crippen LogP contribution in [-0.4, -0.2) is 127 Å². The van der Waals surface area contributed by atoms with Crippen molar-refractivity contribution in [3.05, 3.63) is 53.6 Å². The highest BCUT2D eigenvalue weighted by molar-refractivity contribution is 5.87. The van der Waals surface area contributed by atoms with Crippen LogP contribution in [0, 0.1) is 0 Å². The van der Waals surface area contributed by atoms with Gasteiger partial charge in [0.05, 0.1) is 19.3 Å². The Labute approximate surface area is 268 Å². The molecule has 2 heterocycles. The molecule has 16 nitrogen and oxygen atoms in total. The van der Waals surface area contributed by atoms with Crippen molar-refractivity contribution in [3.63, 3.8) is 0 Å². The first-order valence-corrected chi connectivity index (χ1v) is 14.6. The highest BCUT2D eigenvalue weighted by Crippen LogP contribution is 2.34. The van der Waals surface area contributed by atoms with Crippen LogP contribution in [0.5, 0.6) is 23.0 Å². The molecule has 2 aromatic rings. The second kappa shape index (κ2) is 15.7. The highest BCUT2D eigenvalue weighted by Gasteiger charge is 2.54. The lowest BCUT2D eigenvalue weighted by Crippen LogP contribution is -2.65. The number of hydrogen-bond acceptors (Lipinski definition) is 16. The fraction of sp³-hybridized carbons (Fsp3) is 0.484. The van der Waals surface area contributed by atoms with Gasteiger partial charge in [-0.25, -0.2) is 4.79 Å². The van der Waals surface area contributed by atoms with Crippen molar-refractivity contribution in [1.29, 1.82) is 0 Å². The summed E-state index contributed by atoms with van der Waals surface area (Å²) in [5, 5.41) is 80.7. The van der Waals surface area contributed by atoms with Crippen molar-refractivity contribution in [1.82, 2.24) is 0 Å². The number of aliphatic hydroxyl groups excluding tert-OH is 4. The molecule has 0 spiro atoms. The van der Waals surface area contributed by atoms with Crippen molar-refractivity contribution < 1.29 is 78.9 Å². The van der Waals surface area contributed by atoms with Gasteiger partial charge in [0.2, 0.25) is 0 Å². The fourth-order valence-corrected chi connectivity index (χ4v) is 5.10. The van der Waals surface area contributed by atoms with Gasteiger partial charge >= 0.3 is 11.9 Å². The maximum atomic E-state index is 13.0. The van der Waals surface area contributed by atoms with Gasteiger partial charge in [-0.05, 0) is 43.2 Å². The van der Waals surface area contributed by atoms with E-state index in [1.165, 1.54) is 49.4 Å². The second-order valence-electron chi connectivity index (χ2n) is 11.0. The Balaban J connectivity index is 1.62. The zero-order valence-electron chi connectivity index (χ0n) is 25.4. The molecule has 2 saturated heterocycles. The van der Waals surface area contributed by atoms with Gasteiger partial charge in [0.25, 0.3) is 0 Å². The second-order valence-corrected chi connectivity index (χ2v) is 11.0. The number of carbonyl (C=O) groups is 2. The van der Waals surface area contributed by atoms with Gasteiger partial charge in [0, 0.05) is 18.6 Å². The standard InChI is InChI=1S/C31H38O16/c1-14-23(38)25(40)26(41)30(43-14)47-28-27(46-22(37)9-7-16-6-8-18(34)20(36)12-16)21(13-32)45-31(29(28)44-15(2)33)42-11-10-17-4-3-5-19(35)24(17)39/h3-9,12,14,21,23,25-32,34-36,38-41H,10-11,13H2,1-2H3/t14-,21+,23-,25+,26+,27+,28-,29+,30-,31+/m0/s1. The van der Waals surface area contributed by atoms with Crippen molar-refractivity contribution >= 4 is 18.0 Å². The number of hydrogen-bond donors (Lipinski definition) is 8. The van der Waals surface area contributed by atoms with Crippen LogP contribution in [0.1, 0.15) is 25.0 Å². The van der Waals surface area contributed by atoms with Crippen LogP contribution in [-0.2, 0) is 44.4 Å². The van der Waals surface area contributed by atoms with Crippen molar-refractivity contribution in [2.45, 2.75) is 81.7 Å². The quantitative estimate of drug-likeness (QED) is 0.0859. The number of ether oxygens (including phenoxy) is 6. The Morgan fingerprint density at radius 1 is 0.851 bits per heavy atom. The summed E-state index contributed by atoms with van der Waals surface area (Å²) < 4.78 is 34.3. The zero-order chi connectivity index (χ0) is 34.4. The number of benzene rings is 2. The van der Waals surface area contributed by atoms with Gasteiger partial charge in [-0.2, -0.15) is 0 Å². The van der Waals surface area contributed by atoms with E-state index in [1.807, 2.05) is 0 Å². The molecule has 4 rings (SSSR count). The lowest BCUT2D eigenvalue weighted by molar-refractivity contribution is -0.358. The van der Waals surface area contributed by atoms with Crippen LogP contribution in [0.15, 0.2) is 42.5 Å². The molecule has 2 aliphatic heterocycles. The number of carbonyl (C=O) groups excluding carboxylic acids is 2. The minimum Gasteiger partial charge on any atom is -0.504 e. The van der Waals surface area contributed by atoms with Crippen LogP contribution in [0.2, 0.25) is 0 Å². The average Bonchev–Trinajstić information content (AvgIpc) is 3.03. The molecule has 8 N–H and O–H groups in total. The van der Waals surface area contributed by atoms with Gasteiger partial charge in [0.15, 0.2) is 47.8 Å². The van der Waals surface area contributed by atoms with Crippen molar-refractivity contribution in [2.24, 2.45) is 0 Å². The van der Waals surface area contributed by atoms with Crippen LogP contribution in [0.25, 0.3) is 6.08 Å². The summed E-state index contributed by atoms with van der Waals surface area (Å²) >= 11 is 0. The summed E-state index contributed by atoms with van der Waals surface area (Å²) in [6.07, 6.45) is -13.0. The fourth-order valence-electron chi connectivity index (χ4n) is 5.10. The van der Waals surface area contributed by atoms with E-state index in [9.17, 15) is 50.4 Å². The predicted molar refractivity (Wildman–Crippen MR) is 157 cm³/mol. The minimum absolute atomic E-state index is 0.0459. The molecular formula is C31H38O16. The average molecular weight is 667 g/mol. The molecular weight excluding hydrogens is 628 g/mol. The largest absolute Gasteiger partial charge is 0.504 e. The van der Waals surface area contributed by atoms with E-state index in [1.54, 1.807) is 0 Å². The monoisotopic (exact) mass is 666 g/mol. The molecule has 47 heavy (non-hydrogen) atoms. The molecule has 0 radical (unpaired) electrons. The molecule has 2 aromatic carbocycles. The Hall–Kier alpha value is -4.00. The van der Waals surface area contributed by atoms with E-state index < -0.39 is 85.7 Å². The Morgan fingerprint density at radius 2 is 1.60 bits per heavy atom. The molecule has 0 saturated carbocycles. The third kappa shape index (κ3) is 8.68. The molecule has 0 aliphatic carbocycles. The predicted octanol–water partition coefficient (Wildman–Crippen LogP) is -0.445. The number of para-hydroxylation sites is 1. The summed E-state index contributed by atoms with van der Waals surface area (Å²) in [4.78, 5) is 25.3.